The lowest BCUT2D eigenvalue weighted by atomic mass is 10.0. The van der Waals surface area contributed by atoms with Gasteiger partial charge >= 0.3 is 0 Å². The molecule has 0 saturated heterocycles. The average Bonchev–Trinajstić information content (AvgIpc) is 2.88. The van der Waals surface area contributed by atoms with Gasteiger partial charge in [0.1, 0.15) is 11.8 Å². The molecule has 3 aromatic carbocycles. The monoisotopic (exact) mass is 506 g/mol. The van der Waals surface area contributed by atoms with Crippen LogP contribution in [0, 0.1) is 13.8 Å². The molecule has 0 aliphatic heterocycles. The third-order valence-electron chi connectivity index (χ3n) is 6.48. The van der Waals surface area contributed by atoms with Gasteiger partial charge in [0, 0.05) is 24.0 Å². The molecule has 3 aromatic rings. The second-order valence-corrected chi connectivity index (χ2v) is 9.53. The summed E-state index contributed by atoms with van der Waals surface area (Å²) in [6, 6.07) is 22.1. The lowest BCUT2D eigenvalue weighted by molar-refractivity contribution is -0.143. The van der Waals surface area contributed by atoms with Crippen molar-refractivity contribution >= 4 is 23.4 Å². The van der Waals surface area contributed by atoms with Crippen LogP contribution in [0.25, 0.3) is 0 Å². The number of rotatable bonds is 11. The largest absolute Gasteiger partial charge is 0.483 e. The molecule has 0 bridgehead atoms. The Labute approximate surface area is 219 Å². The molecule has 0 aliphatic rings. The fourth-order valence-electron chi connectivity index (χ4n) is 3.91. The van der Waals surface area contributed by atoms with Gasteiger partial charge < -0.3 is 15.0 Å². The molecule has 0 aromatic heterocycles. The van der Waals surface area contributed by atoms with Crippen LogP contribution in [0.3, 0.4) is 0 Å². The van der Waals surface area contributed by atoms with Crippen LogP contribution < -0.4 is 10.1 Å². The van der Waals surface area contributed by atoms with Gasteiger partial charge in [0.15, 0.2) is 6.61 Å². The van der Waals surface area contributed by atoms with Crippen molar-refractivity contribution < 1.29 is 14.3 Å². The van der Waals surface area contributed by atoms with Crippen LogP contribution in [0.5, 0.6) is 5.75 Å². The molecule has 0 heterocycles. The Kier molecular flexibility index (Phi) is 9.95. The minimum Gasteiger partial charge on any atom is -0.483 e. The zero-order valence-electron chi connectivity index (χ0n) is 21.5. The Bertz CT molecular complexity index is 1170. The van der Waals surface area contributed by atoms with E-state index in [2.05, 4.69) is 5.32 Å². The number of hydrogen-bond donors (Lipinski definition) is 1. The summed E-state index contributed by atoms with van der Waals surface area (Å²) in [6.07, 6.45) is 1.17. The van der Waals surface area contributed by atoms with Crippen LogP contribution in [-0.4, -0.2) is 35.4 Å². The summed E-state index contributed by atoms with van der Waals surface area (Å²) in [4.78, 5) is 28.8. The molecule has 6 heteroatoms. The molecule has 5 nitrogen and oxygen atoms in total. The van der Waals surface area contributed by atoms with E-state index in [0.29, 0.717) is 17.2 Å². The Morgan fingerprint density at radius 3 is 2.36 bits per heavy atom. The minimum atomic E-state index is -0.729. The fraction of sp³-hybridized carbons (Fsp3) is 0.333. The molecular formula is C30H35ClN2O3. The first kappa shape index (κ1) is 27.3. The zero-order valence-corrected chi connectivity index (χ0v) is 22.2. The van der Waals surface area contributed by atoms with Crippen LogP contribution in [0.4, 0.5) is 0 Å². The van der Waals surface area contributed by atoms with Crippen LogP contribution in [0.2, 0.25) is 5.02 Å². The highest BCUT2D eigenvalue weighted by molar-refractivity contribution is 6.31. The second-order valence-electron chi connectivity index (χ2n) is 9.12. The first-order valence-electron chi connectivity index (χ1n) is 12.4. The summed E-state index contributed by atoms with van der Waals surface area (Å²) < 4.78 is 5.95. The van der Waals surface area contributed by atoms with Gasteiger partial charge in [-0.15, -0.1) is 0 Å². The number of carbonyl (C=O) groups excluding carboxylic acids is 2. The van der Waals surface area contributed by atoms with Gasteiger partial charge in [-0.1, -0.05) is 79.2 Å². The maximum absolute atomic E-state index is 13.7. The van der Waals surface area contributed by atoms with Crippen molar-refractivity contribution in [3.63, 3.8) is 0 Å². The summed E-state index contributed by atoms with van der Waals surface area (Å²) in [6.45, 7) is 7.96. The van der Waals surface area contributed by atoms with Gasteiger partial charge in [0.2, 0.25) is 5.91 Å². The first-order chi connectivity index (χ1) is 17.3. The Morgan fingerprint density at radius 1 is 0.972 bits per heavy atom. The molecule has 3 rings (SSSR count). The number of nitrogens with one attached hydrogen (secondary N) is 1. The molecule has 0 aliphatic carbocycles. The molecule has 2 amide bonds. The molecule has 0 saturated carbocycles. The SMILES string of the molecule is CC[C@@H](C)NC(=O)[C@H](Cc1ccccc1)N(Cc1ccccc1Cl)C(=O)COc1cccc(C)c1C. The molecule has 0 radical (unpaired) electrons. The summed E-state index contributed by atoms with van der Waals surface area (Å²) in [5.41, 5.74) is 3.81. The standard InChI is InChI=1S/C30H35ClN2O3/c1-5-22(3)32-30(35)27(18-24-13-7-6-8-14-24)33(19-25-15-9-10-16-26(25)31)29(34)20-36-28-17-11-12-21(2)23(28)4/h6-17,22,27H,5,18-20H2,1-4H3,(H,32,35)/t22-,27+/m1/s1. The van der Waals surface area contributed by atoms with E-state index < -0.39 is 6.04 Å². The zero-order chi connectivity index (χ0) is 26.1. The molecular weight excluding hydrogens is 472 g/mol. The van der Waals surface area contributed by atoms with Gasteiger partial charge in [-0.25, -0.2) is 0 Å². The second kappa shape index (κ2) is 13.1. The van der Waals surface area contributed by atoms with Crippen molar-refractivity contribution in [3.8, 4) is 5.75 Å². The summed E-state index contributed by atoms with van der Waals surface area (Å²) in [5, 5.41) is 3.62. The summed E-state index contributed by atoms with van der Waals surface area (Å²) in [7, 11) is 0. The van der Waals surface area contributed by atoms with E-state index in [-0.39, 0.29) is 31.0 Å². The third kappa shape index (κ3) is 7.34. The molecule has 0 spiro atoms. The van der Waals surface area contributed by atoms with Crippen molar-refractivity contribution in [2.24, 2.45) is 0 Å². The Morgan fingerprint density at radius 2 is 1.67 bits per heavy atom. The molecule has 1 N–H and O–H groups in total. The maximum Gasteiger partial charge on any atom is 0.261 e. The Balaban J connectivity index is 1.94. The number of nitrogens with zero attached hydrogens (tertiary/aromatic N) is 1. The fourth-order valence-corrected chi connectivity index (χ4v) is 4.10. The van der Waals surface area contributed by atoms with Crippen LogP contribution >= 0.6 is 11.6 Å². The predicted molar refractivity (Wildman–Crippen MR) is 145 cm³/mol. The van der Waals surface area contributed by atoms with Gasteiger partial charge in [0.05, 0.1) is 0 Å². The van der Waals surface area contributed by atoms with E-state index in [0.717, 1.165) is 28.7 Å². The average molecular weight is 507 g/mol. The van der Waals surface area contributed by atoms with Gasteiger partial charge in [0.25, 0.3) is 5.91 Å². The van der Waals surface area contributed by atoms with E-state index >= 15 is 0 Å². The van der Waals surface area contributed by atoms with Gasteiger partial charge in [-0.3, -0.25) is 9.59 Å². The van der Waals surface area contributed by atoms with E-state index in [4.69, 9.17) is 16.3 Å². The number of amides is 2. The van der Waals surface area contributed by atoms with Crippen LogP contribution in [0.15, 0.2) is 72.8 Å². The molecule has 0 unspecified atom stereocenters. The Hall–Kier alpha value is -3.31. The highest BCUT2D eigenvalue weighted by atomic mass is 35.5. The number of halogens is 1. The van der Waals surface area contributed by atoms with Gasteiger partial charge in [-0.05, 0) is 61.6 Å². The number of benzene rings is 3. The lowest BCUT2D eigenvalue weighted by Gasteiger charge is -2.32. The maximum atomic E-state index is 13.7. The lowest BCUT2D eigenvalue weighted by Crippen LogP contribution is -2.53. The first-order valence-corrected chi connectivity index (χ1v) is 12.7. The molecule has 190 valence electrons. The van der Waals surface area contributed by atoms with Crippen molar-refractivity contribution in [2.75, 3.05) is 6.61 Å². The van der Waals surface area contributed by atoms with Crippen molar-refractivity contribution in [3.05, 3.63) is 100 Å². The summed E-state index contributed by atoms with van der Waals surface area (Å²) in [5.74, 6) is 0.182. The van der Waals surface area contributed by atoms with Crippen LogP contribution in [-0.2, 0) is 22.6 Å². The molecule has 0 fully saturated rings. The van der Waals surface area contributed by atoms with Gasteiger partial charge in [-0.2, -0.15) is 0 Å². The van der Waals surface area contributed by atoms with Crippen molar-refractivity contribution in [1.29, 1.82) is 0 Å². The number of aryl methyl sites for hydroxylation is 1. The van der Waals surface area contributed by atoms with E-state index in [1.54, 1.807) is 11.0 Å². The number of ether oxygens (including phenoxy) is 1. The van der Waals surface area contributed by atoms with E-state index in [1.165, 1.54) is 0 Å². The molecule has 2 atom stereocenters. The highest BCUT2D eigenvalue weighted by Crippen LogP contribution is 2.23. The smallest absolute Gasteiger partial charge is 0.261 e. The van der Waals surface area contributed by atoms with E-state index in [9.17, 15) is 9.59 Å². The normalized spacial score (nSPS) is 12.5. The van der Waals surface area contributed by atoms with Crippen LogP contribution in [0.1, 0.15) is 42.5 Å². The highest BCUT2D eigenvalue weighted by Gasteiger charge is 2.31. The van der Waals surface area contributed by atoms with E-state index in [1.807, 2.05) is 94.4 Å². The molecule has 36 heavy (non-hydrogen) atoms. The number of hydrogen-bond acceptors (Lipinski definition) is 3. The third-order valence-corrected chi connectivity index (χ3v) is 6.85. The topological polar surface area (TPSA) is 58.6 Å². The predicted octanol–water partition coefficient (Wildman–Crippen LogP) is 5.89. The quantitative estimate of drug-likeness (QED) is 0.352. The summed E-state index contributed by atoms with van der Waals surface area (Å²) >= 11 is 6.47. The van der Waals surface area contributed by atoms with Crippen molar-refractivity contribution in [1.82, 2.24) is 10.2 Å². The number of carbonyl (C=O) groups is 2. The minimum absolute atomic E-state index is 0.0146. The van der Waals surface area contributed by atoms with Crippen molar-refractivity contribution in [2.45, 2.75) is 59.2 Å².